The highest BCUT2D eigenvalue weighted by Crippen LogP contribution is 2.18. The lowest BCUT2D eigenvalue weighted by Gasteiger charge is -2.06. The molecule has 0 atom stereocenters. The van der Waals surface area contributed by atoms with Crippen LogP contribution in [0, 0.1) is 3.57 Å². The zero-order chi connectivity index (χ0) is 12.1. The first-order valence-electron chi connectivity index (χ1n) is 4.52. The summed E-state index contributed by atoms with van der Waals surface area (Å²) in [6.45, 7) is 0.469. The Kier molecular flexibility index (Phi) is 5.63. The molecule has 0 aromatic heterocycles. The second-order valence-corrected chi connectivity index (χ2v) is 5.70. The molecule has 86 valence electrons. The van der Waals surface area contributed by atoms with Crippen LogP contribution < -0.4 is 11.1 Å². The van der Waals surface area contributed by atoms with Crippen LogP contribution in [0.25, 0.3) is 0 Å². The number of hydrogen-bond acceptors (Lipinski definition) is 2. The quantitative estimate of drug-likeness (QED) is 0.590. The first kappa shape index (κ1) is 13.9. The van der Waals surface area contributed by atoms with Gasteiger partial charge in [-0.1, -0.05) is 28.1 Å². The van der Waals surface area contributed by atoms with Gasteiger partial charge in [0.15, 0.2) is 0 Å². The van der Waals surface area contributed by atoms with E-state index >= 15 is 0 Å². The summed E-state index contributed by atoms with van der Waals surface area (Å²) in [5, 5.41) is 2.77. The highest BCUT2D eigenvalue weighted by molar-refractivity contribution is 14.1. The largest absolute Gasteiger partial charge is 0.393 e. The number of halogens is 2. The Morgan fingerprint density at radius 2 is 2.25 bits per heavy atom. The van der Waals surface area contributed by atoms with Crippen LogP contribution in [0.3, 0.4) is 0 Å². The molecule has 0 aliphatic carbocycles. The number of nitrogens with two attached hydrogens (primary N) is 1. The minimum absolute atomic E-state index is 0.109. The van der Waals surface area contributed by atoms with Crippen molar-refractivity contribution in [3.8, 4) is 0 Å². The van der Waals surface area contributed by atoms with Gasteiger partial charge in [0.25, 0.3) is 5.91 Å². The third-order valence-electron chi connectivity index (χ3n) is 1.83. The minimum atomic E-state index is -0.109. The van der Waals surface area contributed by atoms with E-state index in [0.29, 0.717) is 23.5 Å². The van der Waals surface area contributed by atoms with Crippen molar-refractivity contribution in [1.29, 1.82) is 0 Å². The Bertz CT molecular complexity index is 425. The van der Waals surface area contributed by atoms with Gasteiger partial charge in [-0.25, -0.2) is 0 Å². The summed E-state index contributed by atoms with van der Waals surface area (Å²) in [5.41, 5.74) is 5.99. The van der Waals surface area contributed by atoms with Gasteiger partial charge in [0.2, 0.25) is 0 Å². The maximum atomic E-state index is 11.8. The van der Waals surface area contributed by atoms with E-state index < -0.39 is 0 Å². The molecule has 0 saturated carbocycles. The van der Waals surface area contributed by atoms with Gasteiger partial charge >= 0.3 is 0 Å². The summed E-state index contributed by atoms with van der Waals surface area (Å²) >= 11 is 10.2. The predicted molar refractivity (Wildman–Crippen MR) is 80.6 cm³/mol. The average Bonchev–Trinajstić information content (AvgIpc) is 2.21. The molecule has 1 aromatic carbocycles. The van der Waals surface area contributed by atoms with E-state index in [0.717, 1.165) is 8.04 Å². The molecule has 1 rings (SSSR count). The number of rotatable bonds is 4. The lowest BCUT2D eigenvalue weighted by molar-refractivity contribution is 0.0954. The molecule has 0 fully saturated rings. The number of hydrogen-bond donors (Lipinski definition) is 2. The Morgan fingerprint density at radius 3 is 2.88 bits per heavy atom. The van der Waals surface area contributed by atoms with Crippen molar-refractivity contribution in [3.05, 3.63) is 31.8 Å². The first-order valence-corrected chi connectivity index (χ1v) is 6.80. The van der Waals surface area contributed by atoms with Crippen molar-refractivity contribution >= 4 is 61.6 Å². The van der Waals surface area contributed by atoms with Gasteiger partial charge in [-0.05, 0) is 40.8 Å². The van der Waals surface area contributed by atoms with E-state index in [1.807, 2.05) is 12.1 Å². The Labute approximate surface area is 121 Å². The number of carbonyl (C=O) groups is 1. The van der Waals surface area contributed by atoms with Gasteiger partial charge in [-0.2, -0.15) is 0 Å². The number of amides is 1. The van der Waals surface area contributed by atoms with Crippen molar-refractivity contribution in [2.45, 2.75) is 6.42 Å². The third kappa shape index (κ3) is 4.34. The number of benzene rings is 1. The molecule has 0 aliphatic heterocycles. The van der Waals surface area contributed by atoms with Crippen molar-refractivity contribution in [2.75, 3.05) is 6.54 Å². The van der Waals surface area contributed by atoms with Crippen LogP contribution >= 0.6 is 50.7 Å². The fourth-order valence-corrected chi connectivity index (χ4v) is 2.11. The van der Waals surface area contributed by atoms with Crippen LogP contribution in [0.2, 0.25) is 0 Å². The van der Waals surface area contributed by atoms with Gasteiger partial charge < -0.3 is 11.1 Å². The summed E-state index contributed by atoms with van der Waals surface area (Å²) in [6.07, 6.45) is 0.519. The standard InChI is InChI=1S/C10H10BrIN2OS/c11-6-1-2-8(12)7(5-6)10(15)14-4-3-9(13)16/h1-2,5H,3-4H2,(H2,13,16)(H,14,15). The summed E-state index contributed by atoms with van der Waals surface area (Å²) < 4.78 is 1.79. The van der Waals surface area contributed by atoms with E-state index in [2.05, 4.69) is 43.8 Å². The zero-order valence-electron chi connectivity index (χ0n) is 8.30. The molecule has 1 aromatic rings. The maximum absolute atomic E-state index is 11.8. The van der Waals surface area contributed by atoms with Gasteiger partial charge in [0.05, 0.1) is 10.6 Å². The lowest BCUT2D eigenvalue weighted by Crippen LogP contribution is -2.27. The molecule has 6 heteroatoms. The summed E-state index contributed by atoms with van der Waals surface area (Å²) in [4.78, 5) is 12.2. The van der Waals surface area contributed by atoms with Gasteiger partial charge in [0.1, 0.15) is 0 Å². The normalized spacial score (nSPS) is 9.88. The second kappa shape index (κ2) is 6.51. The SMILES string of the molecule is NC(=S)CCNC(=O)c1cc(Br)ccc1I. The predicted octanol–water partition coefficient (Wildman–Crippen LogP) is 2.46. The molecule has 16 heavy (non-hydrogen) atoms. The molecule has 0 radical (unpaired) electrons. The molecule has 0 spiro atoms. The highest BCUT2D eigenvalue weighted by Gasteiger charge is 2.09. The van der Waals surface area contributed by atoms with Crippen LogP contribution in [-0.4, -0.2) is 17.4 Å². The Balaban J connectivity index is 2.65. The van der Waals surface area contributed by atoms with Crippen molar-refractivity contribution < 1.29 is 4.79 Å². The fraction of sp³-hybridized carbons (Fsp3) is 0.200. The van der Waals surface area contributed by atoms with E-state index in [9.17, 15) is 4.79 Å². The summed E-state index contributed by atoms with van der Waals surface area (Å²) in [6, 6.07) is 5.57. The topological polar surface area (TPSA) is 55.1 Å². The molecule has 0 bridgehead atoms. The van der Waals surface area contributed by atoms with E-state index in [4.69, 9.17) is 18.0 Å². The molecule has 3 N–H and O–H groups in total. The lowest BCUT2D eigenvalue weighted by atomic mass is 10.2. The van der Waals surface area contributed by atoms with Crippen LogP contribution in [0.1, 0.15) is 16.8 Å². The van der Waals surface area contributed by atoms with Gasteiger partial charge in [0, 0.05) is 21.0 Å². The third-order valence-corrected chi connectivity index (χ3v) is 3.47. The Hall–Kier alpha value is -0.210. The van der Waals surface area contributed by atoms with E-state index in [1.54, 1.807) is 6.07 Å². The second-order valence-electron chi connectivity index (χ2n) is 3.10. The monoisotopic (exact) mass is 412 g/mol. The summed E-state index contributed by atoms with van der Waals surface area (Å²) in [7, 11) is 0. The maximum Gasteiger partial charge on any atom is 0.252 e. The zero-order valence-corrected chi connectivity index (χ0v) is 12.9. The fourth-order valence-electron chi connectivity index (χ4n) is 1.07. The van der Waals surface area contributed by atoms with Crippen LogP contribution in [-0.2, 0) is 0 Å². The Morgan fingerprint density at radius 1 is 1.56 bits per heavy atom. The summed E-state index contributed by atoms with van der Waals surface area (Å²) in [5.74, 6) is -0.109. The molecule has 0 aliphatic rings. The van der Waals surface area contributed by atoms with Gasteiger partial charge in [-0.15, -0.1) is 0 Å². The first-order chi connectivity index (χ1) is 7.50. The van der Waals surface area contributed by atoms with Crippen molar-refractivity contribution in [3.63, 3.8) is 0 Å². The molecule has 0 unspecified atom stereocenters. The minimum Gasteiger partial charge on any atom is -0.393 e. The number of nitrogens with one attached hydrogen (secondary N) is 1. The molecular weight excluding hydrogens is 403 g/mol. The van der Waals surface area contributed by atoms with Crippen molar-refractivity contribution in [1.82, 2.24) is 5.32 Å². The molecule has 1 amide bonds. The van der Waals surface area contributed by atoms with Crippen LogP contribution in [0.15, 0.2) is 22.7 Å². The number of carbonyl (C=O) groups excluding carboxylic acids is 1. The average molecular weight is 413 g/mol. The molecular formula is C10H10BrIN2OS. The molecule has 3 nitrogen and oxygen atoms in total. The van der Waals surface area contributed by atoms with E-state index in [1.165, 1.54) is 0 Å². The molecule has 0 saturated heterocycles. The van der Waals surface area contributed by atoms with Crippen LogP contribution in [0.5, 0.6) is 0 Å². The van der Waals surface area contributed by atoms with Crippen molar-refractivity contribution in [2.24, 2.45) is 5.73 Å². The smallest absolute Gasteiger partial charge is 0.252 e. The number of thiocarbonyl (C=S) groups is 1. The van der Waals surface area contributed by atoms with Crippen LogP contribution in [0.4, 0.5) is 0 Å². The highest BCUT2D eigenvalue weighted by atomic mass is 127. The van der Waals surface area contributed by atoms with E-state index in [-0.39, 0.29) is 5.91 Å². The van der Waals surface area contributed by atoms with Gasteiger partial charge in [-0.3, -0.25) is 4.79 Å². The molecule has 0 heterocycles.